The standard InChI is InChI=1S/C23H20F2N6O4/c1-4-17(33)27-13-7-5-6-8-14(13)28-22-26-10-12-11-31(23(34)30(2)21(12)29-22)20-18(24)15(32)9-16(35-3)19(20)25/h4-10,32H,1,11H2,2-3H3,(H,27,33)(H,26,28,29). The average molecular weight is 482 g/mol. The second-order valence-corrected chi connectivity index (χ2v) is 7.41. The number of nitrogens with zero attached hydrogens (tertiary/aromatic N) is 4. The summed E-state index contributed by atoms with van der Waals surface area (Å²) in [6, 6.07) is 6.83. The highest BCUT2D eigenvalue weighted by Crippen LogP contribution is 2.40. The fraction of sp³-hybridized carbons (Fsp3) is 0.130. The minimum atomic E-state index is -1.30. The van der Waals surface area contributed by atoms with Crippen LogP contribution in [0.2, 0.25) is 0 Å². The van der Waals surface area contributed by atoms with E-state index in [1.165, 1.54) is 13.2 Å². The van der Waals surface area contributed by atoms with E-state index in [1.807, 2.05) is 0 Å². The lowest BCUT2D eigenvalue weighted by Gasteiger charge is -2.34. The number of phenols is 1. The average Bonchev–Trinajstić information content (AvgIpc) is 2.85. The number of nitrogens with one attached hydrogen (secondary N) is 2. The van der Waals surface area contributed by atoms with Gasteiger partial charge in [-0.2, -0.15) is 4.98 Å². The molecule has 3 amide bonds. The Morgan fingerprint density at radius 2 is 1.97 bits per heavy atom. The Morgan fingerprint density at radius 1 is 1.26 bits per heavy atom. The van der Waals surface area contributed by atoms with E-state index in [0.717, 1.165) is 29.1 Å². The summed E-state index contributed by atoms with van der Waals surface area (Å²) in [5.41, 5.74) is 0.591. The fourth-order valence-corrected chi connectivity index (χ4v) is 3.52. The van der Waals surface area contributed by atoms with Gasteiger partial charge in [0.15, 0.2) is 23.1 Å². The molecule has 0 radical (unpaired) electrons. The van der Waals surface area contributed by atoms with E-state index >= 15 is 0 Å². The Labute approximate surface area is 198 Å². The van der Waals surface area contributed by atoms with Crippen molar-refractivity contribution >= 4 is 40.8 Å². The van der Waals surface area contributed by atoms with Crippen molar-refractivity contribution in [1.29, 1.82) is 0 Å². The Bertz CT molecular complexity index is 1350. The molecule has 2 aromatic carbocycles. The van der Waals surface area contributed by atoms with Crippen LogP contribution in [-0.4, -0.2) is 41.2 Å². The maximum absolute atomic E-state index is 14.9. The topological polar surface area (TPSA) is 120 Å². The predicted molar refractivity (Wildman–Crippen MR) is 125 cm³/mol. The first-order valence-electron chi connectivity index (χ1n) is 10.2. The van der Waals surface area contributed by atoms with Crippen molar-refractivity contribution in [3.05, 3.63) is 66.4 Å². The van der Waals surface area contributed by atoms with Crippen LogP contribution in [0.1, 0.15) is 5.56 Å². The van der Waals surface area contributed by atoms with Gasteiger partial charge in [0, 0.05) is 24.9 Å². The third-order valence-electron chi connectivity index (χ3n) is 5.24. The molecule has 0 saturated heterocycles. The number of carbonyl (C=O) groups is 2. The van der Waals surface area contributed by atoms with Gasteiger partial charge in [0.1, 0.15) is 11.5 Å². The summed E-state index contributed by atoms with van der Waals surface area (Å²) in [5.74, 6) is -3.79. The number of hydrogen-bond donors (Lipinski definition) is 3. The van der Waals surface area contributed by atoms with Crippen molar-refractivity contribution in [2.45, 2.75) is 6.54 Å². The third-order valence-corrected chi connectivity index (χ3v) is 5.24. The minimum Gasteiger partial charge on any atom is -0.505 e. The molecule has 0 unspecified atom stereocenters. The Kier molecular flexibility index (Phi) is 6.19. The van der Waals surface area contributed by atoms with Gasteiger partial charge in [-0.25, -0.2) is 18.6 Å². The molecule has 12 heteroatoms. The number of fused-ring (bicyclic) bond motifs is 1. The maximum atomic E-state index is 14.9. The summed E-state index contributed by atoms with van der Waals surface area (Å²) in [5, 5.41) is 15.5. The molecule has 0 aliphatic carbocycles. The van der Waals surface area contributed by atoms with Crippen molar-refractivity contribution in [3.63, 3.8) is 0 Å². The van der Waals surface area contributed by atoms with Crippen LogP contribution < -0.4 is 25.2 Å². The number of rotatable bonds is 6. The van der Waals surface area contributed by atoms with E-state index in [1.54, 1.807) is 24.3 Å². The fourth-order valence-electron chi connectivity index (χ4n) is 3.52. The van der Waals surface area contributed by atoms with Crippen LogP contribution in [0.15, 0.2) is 49.2 Å². The van der Waals surface area contributed by atoms with Crippen molar-refractivity contribution in [2.24, 2.45) is 0 Å². The second kappa shape index (κ2) is 9.25. The van der Waals surface area contributed by atoms with E-state index in [4.69, 9.17) is 4.74 Å². The molecular weight excluding hydrogens is 462 g/mol. The van der Waals surface area contributed by atoms with E-state index in [2.05, 4.69) is 27.2 Å². The molecule has 1 aromatic heterocycles. The SMILES string of the molecule is C=CC(=O)Nc1ccccc1Nc1ncc2c(n1)N(C)C(=O)N(c1c(F)c(O)cc(OC)c1F)C2. The highest BCUT2D eigenvalue weighted by molar-refractivity contribution is 6.05. The Balaban J connectivity index is 1.67. The molecule has 2 heterocycles. The molecule has 35 heavy (non-hydrogen) atoms. The molecule has 0 bridgehead atoms. The quantitative estimate of drug-likeness (QED) is 0.456. The maximum Gasteiger partial charge on any atom is 0.330 e. The molecule has 0 fully saturated rings. The monoisotopic (exact) mass is 482 g/mol. The number of phenolic OH excluding ortho intramolecular Hbond substituents is 1. The zero-order valence-electron chi connectivity index (χ0n) is 18.7. The molecule has 1 aliphatic rings. The number of ether oxygens (including phenoxy) is 1. The van der Waals surface area contributed by atoms with Crippen molar-refractivity contribution in [2.75, 3.05) is 34.6 Å². The van der Waals surface area contributed by atoms with Crippen LogP contribution in [0, 0.1) is 11.6 Å². The van der Waals surface area contributed by atoms with Crippen molar-refractivity contribution in [3.8, 4) is 11.5 Å². The van der Waals surface area contributed by atoms with Crippen molar-refractivity contribution < 1.29 is 28.2 Å². The van der Waals surface area contributed by atoms with Crippen LogP contribution in [0.5, 0.6) is 11.5 Å². The predicted octanol–water partition coefficient (Wildman–Crippen LogP) is 3.91. The van der Waals surface area contributed by atoms with E-state index in [-0.39, 0.29) is 18.3 Å². The number of hydrogen-bond acceptors (Lipinski definition) is 7. The largest absolute Gasteiger partial charge is 0.505 e. The summed E-state index contributed by atoms with van der Waals surface area (Å²) in [6.45, 7) is 3.16. The van der Waals surface area contributed by atoms with E-state index in [9.17, 15) is 23.5 Å². The number of carbonyl (C=O) groups excluding carboxylic acids is 2. The number of amides is 3. The molecule has 1 aliphatic heterocycles. The number of anilines is 5. The van der Waals surface area contributed by atoms with Crippen LogP contribution in [0.4, 0.5) is 42.4 Å². The smallest absolute Gasteiger partial charge is 0.330 e. The molecule has 3 N–H and O–H groups in total. The van der Waals surface area contributed by atoms with Crippen LogP contribution in [-0.2, 0) is 11.3 Å². The molecule has 0 atom stereocenters. The lowest BCUT2D eigenvalue weighted by Crippen LogP contribution is -2.46. The highest BCUT2D eigenvalue weighted by Gasteiger charge is 2.35. The number of methoxy groups -OCH3 is 1. The van der Waals surface area contributed by atoms with Gasteiger partial charge in [0.25, 0.3) is 0 Å². The minimum absolute atomic E-state index is 0.119. The zero-order chi connectivity index (χ0) is 25.3. The molecular formula is C23H20F2N6O4. The number of halogens is 2. The zero-order valence-corrected chi connectivity index (χ0v) is 18.7. The van der Waals surface area contributed by atoms with Gasteiger partial charge in [-0.3, -0.25) is 14.6 Å². The Morgan fingerprint density at radius 3 is 2.66 bits per heavy atom. The molecule has 0 saturated carbocycles. The van der Waals surface area contributed by atoms with Gasteiger partial charge in [-0.05, 0) is 18.2 Å². The number of urea groups is 1. The summed E-state index contributed by atoms with van der Waals surface area (Å²) in [7, 11) is 2.54. The summed E-state index contributed by atoms with van der Waals surface area (Å²) in [4.78, 5) is 35.3. The molecule has 180 valence electrons. The number of para-hydroxylation sites is 2. The van der Waals surface area contributed by atoms with Gasteiger partial charge >= 0.3 is 6.03 Å². The van der Waals surface area contributed by atoms with Crippen LogP contribution >= 0.6 is 0 Å². The summed E-state index contributed by atoms with van der Waals surface area (Å²) in [6.07, 6.45) is 2.54. The Hall–Kier alpha value is -4.74. The second-order valence-electron chi connectivity index (χ2n) is 7.41. The first-order chi connectivity index (χ1) is 16.7. The first kappa shape index (κ1) is 23.4. The van der Waals surface area contributed by atoms with Gasteiger partial charge in [-0.15, -0.1) is 0 Å². The lowest BCUT2D eigenvalue weighted by atomic mass is 10.1. The van der Waals surface area contributed by atoms with E-state index < -0.39 is 40.8 Å². The van der Waals surface area contributed by atoms with Crippen LogP contribution in [0.25, 0.3) is 0 Å². The van der Waals surface area contributed by atoms with Crippen molar-refractivity contribution in [1.82, 2.24) is 9.97 Å². The summed E-state index contributed by atoms with van der Waals surface area (Å²) >= 11 is 0. The van der Waals surface area contributed by atoms with Gasteiger partial charge in [0.05, 0.1) is 25.0 Å². The van der Waals surface area contributed by atoms with Crippen LogP contribution in [0.3, 0.4) is 0 Å². The van der Waals surface area contributed by atoms with Gasteiger partial charge in [-0.1, -0.05) is 18.7 Å². The molecule has 3 aromatic rings. The number of aromatic hydroxyl groups is 1. The number of benzene rings is 2. The lowest BCUT2D eigenvalue weighted by molar-refractivity contribution is -0.111. The number of aromatic nitrogens is 2. The van der Waals surface area contributed by atoms with Gasteiger partial charge in [0.2, 0.25) is 11.9 Å². The molecule has 4 rings (SSSR count). The summed E-state index contributed by atoms with van der Waals surface area (Å²) < 4.78 is 34.4. The highest BCUT2D eigenvalue weighted by atomic mass is 19.1. The molecule has 0 spiro atoms. The first-order valence-corrected chi connectivity index (χ1v) is 10.2. The van der Waals surface area contributed by atoms with E-state index in [0.29, 0.717) is 16.9 Å². The molecule has 10 nitrogen and oxygen atoms in total. The normalized spacial score (nSPS) is 12.7. The third kappa shape index (κ3) is 4.28. The van der Waals surface area contributed by atoms with Gasteiger partial charge < -0.3 is 20.5 Å².